The Balaban J connectivity index is 2.56. The Morgan fingerprint density at radius 3 is 2.81 bits per heavy atom. The third-order valence-corrected chi connectivity index (χ3v) is 2.99. The Kier molecular flexibility index (Phi) is 3.00. The molecule has 0 aliphatic carbocycles. The van der Waals surface area contributed by atoms with Crippen molar-refractivity contribution in [2.24, 2.45) is 5.92 Å². The average Bonchev–Trinajstić information content (AvgIpc) is 2.36. The number of Topliss-reactive ketones (excluding diaryl/α,β-unsaturated/α-hetero) is 1. The van der Waals surface area contributed by atoms with Crippen molar-refractivity contribution in [2.75, 3.05) is 0 Å². The highest BCUT2D eigenvalue weighted by Crippen LogP contribution is 2.20. The van der Waals surface area contributed by atoms with E-state index in [1.54, 1.807) is 12.4 Å². The van der Waals surface area contributed by atoms with Crippen molar-refractivity contribution in [3.05, 3.63) is 42.2 Å². The molecule has 1 aromatic carbocycles. The van der Waals surface area contributed by atoms with Gasteiger partial charge in [0.1, 0.15) is 0 Å². The number of ketones is 1. The van der Waals surface area contributed by atoms with Gasteiger partial charge in [-0.2, -0.15) is 0 Å². The summed E-state index contributed by atoms with van der Waals surface area (Å²) in [6, 6.07) is 7.87. The number of fused-ring (bicyclic) bond motifs is 1. The van der Waals surface area contributed by atoms with Crippen molar-refractivity contribution < 1.29 is 4.79 Å². The number of aromatic nitrogens is 1. The lowest BCUT2D eigenvalue weighted by atomic mass is 9.95. The van der Waals surface area contributed by atoms with Crippen molar-refractivity contribution in [1.82, 2.24) is 4.98 Å². The Labute approximate surface area is 95.3 Å². The molecule has 0 radical (unpaired) electrons. The summed E-state index contributed by atoms with van der Waals surface area (Å²) in [5, 5.41) is 2.03. The number of pyridine rings is 1. The summed E-state index contributed by atoms with van der Waals surface area (Å²) in [6.07, 6.45) is 4.33. The lowest BCUT2D eigenvalue weighted by Crippen LogP contribution is -2.11. The molecule has 0 saturated carbocycles. The van der Waals surface area contributed by atoms with Crippen molar-refractivity contribution >= 4 is 16.6 Å². The molecule has 1 heterocycles. The third-order valence-electron chi connectivity index (χ3n) is 2.99. The second kappa shape index (κ2) is 4.44. The zero-order chi connectivity index (χ0) is 11.5. The van der Waals surface area contributed by atoms with Crippen LogP contribution in [0, 0.1) is 5.92 Å². The lowest BCUT2D eigenvalue weighted by molar-refractivity contribution is 0.0928. The lowest BCUT2D eigenvalue weighted by Gasteiger charge is -2.09. The van der Waals surface area contributed by atoms with Gasteiger partial charge in [0.15, 0.2) is 5.78 Å². The van der Waals surface area contributed by atoms with Gasteiger partial charge in [0.2, 0.25) is 0 Å². The Hall–Kier alpha value is -1.70. The Morgan fingerprint density at radius 1 is 1.31 bits per heavy atom. The van der Waals surface area contributed by atoms with Gasteiger partial charge in [0.25, 0.3) is 0 Å². The molecule has 2 heteroatoms. The summed E-state index contributed by atoms with van der Waals surface area (Å²) < 4.78 is 0. The fourth-order valence-corrected chi connectivity index (χ4v) is 1.76. The van der Waals surface area contributed by atoms with Gasteiger partial charge in [-0.25, -0.2) is 0 Å². The van der Waals surface area contributed by atoms with Crippen LogP contribution in [0.1, 0.15) is 30.6 Å². The molecule has 0 amide bonds. The third kappa shape index (κ3) is 1.83. The largest absolute Gasteiger partial charge is 0.294 e. The van der Waals surface area contributed by atoms with Gasteiger partial charge < -0.3 is 0 Å². The topological polar surface area (TPSA) is 30.0 Å². The second-order valence-electron chi connectivity index (χ2n) is 4.08. The zero-order valence-corrected chi connectivity index (χ0v) is 9.60. The SMILES string of the molecule is CCC(C)C(=O)c1cncc2ccccc12. The minimum atomic E-state index is 0.0626. The highest BCUT2D eigenvalue weighted by Gasteiger charge is 2.15. The van der Waals surface area contributed by atoms with Crippen LogP contribution in [-0.4, -0.2) is 10.8 Å². The first-order chi connectivity index (χ1) is 7.74. The number of hydrogen-bond acceptors (Lipinski definition) is 2. The van der Waals surface area contributed by atoms with Crippen LogP contribution in [0.5, 0.6) is 0 Å². The van der Waals surface area contributed by atoms with Gasteiger partial charge in [-0.15, -0.1) is 0 Å². The van der Waals surface area contributed by atoms with Crippen LogP contribution in [0.25, 0.3) is 10.8 Å². The first kappa shape index (κ1) is 10.8. The van der Waals surface area contributed by atoms with E-state index in [9.17, 15) is 4.79 Å². The minimum Gasteiger partial charge on any atom is -0.294 e. The van der Waals surface area contributed by atoms with Crippen LogP contribution < -0.4 is 0 Å². The normalized spacial score (nSPS) is 12.6. The van der Waals surface area contributed by atoms with E-state index >= 15 is 0 Å². The van der Waals surface area contributed by atoms with Crippen LogP contribution in [-0.2, 0) is 0 Å². The molecular formula is C14H15NO. The summed E-state index contributed by atoms with van der Waals surface area (Å²) >= 11 is 0. The first-order valence-corrected chi connectivity index (χ1v) is 5.61. The maximum atomic E-state index is 12.1. The first-order valence-electron chi connectivity index (χ1n) is 5.61. The molecule has 0 spiro atoms. The van der Waals surface area contributed by atoms with Crippen molar-refractivity contribution in [2.45, 2.75) is 20.3 Å². The van der Waals surface area contributed by atoms with Crippen LogP contribution in [0.3, 0.4) is 0 Å². The summed E-state index contributed by atoms with van der Waals surface area (Å²) in [5.41, 5.74) is 0.743. The average molecular weight is 213 g/mol. The van der Waals surface area contributed by atoms with E-state index in [0.717, 1.165) is 22.8 Å². The molecule has 0 aliphatic heterocycles. The molecule has 1 atom stereocenters. The molecule has 82 valence electrons. The standard InChI is InChI=1S/C14H15NO/c1-3-10(2)14(16)13-9-15-8-11-6-4-5-7-12(11)13/h4-10H,3H2,1-2H3. The van der Waals surface area contributed by atoms with Crippen LogP contribution in [0.2, 0.25) is 0 Å². The number of carbonyl (C=O) groups is 1. The maximum absolute atomic E-state index is 12.1. The molecule has 2 nitrogen and oxygen atoms in total. The van der Waals surface area contributed by atoms with Crippen LogP contribution in [0.15, 0.2) is 36.7 Å². The Morgan fingerprint density at radius 2 is 2.06 bits per heavy atom. The molecule has 2 rings (SSSR count). The quantitative estimate of drug-likeness (QED) is 0.731. The van der Waals surface area contributed by atoms with Gasteiger partial charge in [-0.1, -0.05) is 38.1 Å². The number of carbonyl (C=O) groups excluding carboxylic acids is 1. The number of nitrogens with zero attached hydrogens (tertiary/aromatic N) is 1. The highest BCUT2D eigenvalue weighted by atomic mass is 16.1. The highest BCUT2D eigenvalue weighted by molar-refractivity contribution is 6.08. The summed E-state index contributed by atoms with van der Waals surface area (Å²) in [7, 11) is 0. The molecule has 0 fully saturated rings. The molecule has 0 saturated heterocycles. The van der Waals surface area contributed by atoms with E-state index in [1.165, 1.54) is 0 Å². The zero-order valence-electron chi connectivity index (χ0n) is 9.60. The van der Waals surface area contributed by atoms with E-state index in [2.05, 4.69) is 4.98 Å². The van der Waals surface area contributed by atoms with E-state index < -0.39 is 0 Å². The fourth-order valence-electron chi connectivity index (χ4n) is 1.76. The predicted molar refractivity (Wildman–Crippen MR) is 65.5 cm³/mol. The summed E-state index contributed by atoms with van der Waals surface area (Å²) in [5.74, 6) is 0.249. The fraction of sp³-hybridized carbons (Fsp3) is 0.286. The van der Waals surface area contributed by atoms with Crippen molar-refractivity contribution in [1.29, 1.82) is 0 Å². The van der Waals surface area contributed by atoms with Gasteiger partial charge in [0, 0.05) is 29.3 Å². The molecular weight excluding hydrogens is 198 g/mol. The van der Waals surface area contributed by atoms with Crippen molar-refractivity contribution in [3.63, 3.8) is 0 Å². The smallest absolute Gasteiger partial charge is 0.167 e. The van der Waals surface area contributed by atoms with Crippen LogP contribution >= 0.6 is 0 Å². The molecule has 1 aromatic heterocycles. The summed E-state index contributed by atoms with van der Waals surface area (Å²) in [6.45, 7) is 3.99. The molecule has 0 N–H and O–H groups in total. The minimum absolute atomic E-state index is 0.0626. The molecule has 0 aliphatic rings. The molecule has 16 heavy (non-hydrogen) atoms. The second-order valence-corrected chi connectivity index (χ2v) is 4.08. The van der Waals surface area contributed by atoms with Crippen molar-refractivity contribution in [3.8, 4) is 0 Å². The number of benzene rings is 1. The van der Waals surface area contributed by atoms with Gasteiger partial charge >= 0.3 is 0 Å². The Bertz CT molecular complexity index is 514. The molecule has 0 bridgehead atoms. The number of rotatable bonds is 3. The van der Waals surface area contributed by atoms with E-state index in [-0.39, 0.29) is 11.7 Å². The number of hydrogen-bond donors (Lipinski definition) is 0. The summed E-state index contributed by atoms with van der Waals surface area (Å²) in [4.78, 5) is 16.3. The van der Waals surface area contributed by atoms with E-state index in [1.807, 2.05) is 38.1 Å². The van der Waals surface area contributed by atoms with Gasteiger partial charge in [-0.3, -0.25) is 9.78 Å². The van der Waals surface area contributed by atoms with E-state index in [0.29, 0.717) is 0 Å². The van der Waals surface area contributed by atoms with Crippen LogP contribution in [0.4, 0.5) is 0 Å². The van der Waals surface area contributed by atoms with E-state index in [4.69, 9.17) is 0 Å². The molecule has 1 unspecified atom stereocenters. The maximum Gasteiger partial charge on any atom is 0.167 e. The molecule has 2 aromatic rings. The van der Waals surface area contributed by atoms with Gasteiger partial charge in [0.05, 0.1) is 0 Å². The van der Waals surface area contributed by atoms with Gasteiger partial charge in [-0.05, 0) is 11.8 Å². The monoisotopic (exact) mass is 213 g/mol. The predicted octanol–water partition coefficient (Wildman–Crippen LogP) is 3.46.